The van der Waals surface area contributed by atoms with E-state index in [2.05, 4.69) is 20.4 Å². The molecule has 0 bridgehead atoms. The van der Waals surface area contributed by atoms with Crippen molar-refractivity contribution >= 4 is 17.3 Å². The lowest BCUT2D eigenvalue weighted by Crippen LogP contribution is -2.13. The van der Waals surface area contributed by atoms with Crippen LogP contribution in [-0.4, -0.2) is 19.6 Å². The SMILES string of the molecule is Cc1cc(Nc2ccc(CC3CCC3)cc2)n2nc(C(F)(F)F)nc2n1. The number of halogens is 3. The molecular formula is C18H18F3N5. The Hall–Kier alpha value is -2.64. The van der Waals surface area contributed by atoms with Crippen LogP contribution in [0, 0.1) is 12.8 Å². The summed E-state index contributed by atoms with van der Waals surface area (Å²) >= 11 is 0. The van der Waals surface area contributed by atoms with E-state index < -0.39 is 12.0 Å². The Kier molecular flexibility index (Phi) is 4.05. The Morgan fingerprint density at radius 3 is 2.50 bits per heavy atom. The highest BCUT2D eigenvalue weighted by Crippen LogP contribution is 2.30. The van der Waals surface area contributed by atoms with Crippen molar-refractivity contribution in [3.05, 3.63) is 47.4 Å². The minimum atomic E-state index is -4.61. The molecular weight excluding hydrogens is 343 g/mol. The number of nitrogens with zero attached hydrogens (tertiary/aromatic N) is 4. The minimum absolute atomic E-state index is 0.0820. The lowest BCUT2D eigenvalue weighted by atomic mass is 9.81. The van der Waals surface area contributed by atoms with Crippen LogP contribution in [0.15, 0.2) is 30.3 Å². The normalized spacial score (nSPS) is 15.2. The van der Waals surface area contributed by atoms with Crippen LogP contribution in [0.2, 0.25) is 0 Å². The summed E-state index contributed by atoms with van der Waals surface area (Å²) in [5, 5.41) is 6.67. The number of fused-ring (bicyclic) bond motifs is 1. The van der Waals surface area contributed by atoms with Gasteiger partial charge in [0.25, 0.3) is 11.6 Å². The van der Waals surface area contributed by atoms with Gasteiger partial charge in [0.15, 0.2) is 0 Å². The molecule has 0 aliphatic heterocycles. The van der Waals surface area contributed by atoms with Gasteiger partial charge in [-0.1, -0.05) is 31.4 Å². The molecule has 0 saturated heterocycles. The Morgan fingerprint density at radius 2 is 1.88 bits per heavy atom. The zero-order valence-corrected chi connectivity index (χ0v) is 14.2. The van der Waals surface area contributed by atoms with Gasteiger partial charge >= 0.3 is 6.18 Å². The van der Waals surface area contributed by atoms with E-state index in [-0.39, 0.29) is 5.78 Å². The molecule has 1 aliphatic rings. The van der Waals surface area contributed by atoms with Gasteiger partial charge in [0.2, 0.25) is 0 Å². The van der Waals surface area contributed by atoms with Crippen LogP contribution in [0.4, 0.5) is 24.7 Å². The molecule has 0 unspecified atom stereocenters. The van der Waals surface area contributed by atoms with Crippen LogP contribution in [0.5, 0.6) is 0 Å². The summed E-state index contributed by atoms with van der Waals surface area (Å²) < 4.78 is 39.7. The maximum Gasteiger partial charge on any atom is 0.453 e. The van der Waals surface area contributed by atoms with Crippen molar-refractivity contribution in [1.82, 2.24) is 19.6 Å². The standard InChI is InChI=1S/C18H18F3N5/c1-11-9-15(26-17(22-11)24-16(25-26)18(19,20)21)23-14-7-5-13(6-8-14)10-12-3-2-4-12/h5-9,12,23H,2-4,10H2,1H3. The van der Waals surface area contributed by atoms with Crippen molar-refractivity contribution in [2.75, 3.05) is 5.32 Å². The van der Waals surface area contributed by atoms with Crippen molar-refractivity contribution < 1.29 is 13.2 Å². The number of aryl methyl sites for hydroxylation is 1. The predicted octanol–water partition coefficient (Wildman–Crippen LogP) is 4.54. The topological polar surface area (TPSA) is 55.1 Å². The molecule has 1 aliphatic carbocycles. The highest BCUT2D eigenvalue weighted by Gasteiger charge is 2.36. The number of aromatic nitrogens is 4. The quantitative estimate of drug-likeness (QED) is 0.741. The fraction of sp³-hybridized carbons (Fsp3) is 0.389. The number of anilines is 2. The second-order valence-electron chi connectivity index (χ2n) is 6.75. The Morgan fingerprint density at radius 1 is 1.15 bits per heavy atom. The van der Waals surface area contributed by atoms with Crippen molar-refractivity contribution in [2.45, 2.75) is 38.8 Å². The number of hydrogen-bond acceptors (Lipinski definition) is 4. The lowest BCUT2D eigenvalue weighted by molar-refractivity contribution is -0.144. The van der Waals surface area contributed by atoms with E-state index in [0.29, 0.717) is 11.5 Å². The summed E-state index contributed by atoms with van der Waals surface area (Å²) in [4.78, 5) is 7.51. The molecule has 2 heterocycles. The predicted molar refractivity (Wildman–Crippen MR) is 91.3 cm³/mol. The molecule has 8 heteroatoms. The lowest BCUT2D eigenvalue weighted by Gasteiger charge is -2.25. The molecule has 3 aromatic rings. The molecule has 136 valence electrons. The van der Waals surface area contributed by atoms with Gasteiger partial charge in [-0.15, -0.1) is 5.10 Å². The van der Waals surface area contributed by atoms with Crippen molar-refractivity contribution in [3.63, 3.8) is 0 Å². The maximum absolute atomic E-state index is 12.9. The molecule has 0 atom stereocenters. The average Bonchev–Trinajstić information content (AvgIpc) is 2.97. The van der Waals surface area contributed by atoms with Gasteiger partial charge in [-0.05, 0) is 37.0 Å². The third-order valence-electron chi connectivity index (χ3n) is 4.67. The third-order valence-corrected chi connectivity index (χ3v) is 4.67. The summed E-state index contributed by atoms with van der Waals surface area (Å²) in [6, 6.07) is 9.60. The Bertz CT molecular complexity index is 926. The maximum atomic E-state index is 12.9. The summed E-state index contributed by atoms with van der Waals surface area (Å²) in [7, 11) is 0. The van der Waals surface area contributed by atoms with Crippen LogP contribution >= 0.6 is 0 Å². The summed E-state index contributed by atoms with van der Waals surface area (Å²) in [6.07, 6.45) is 0.378. The number of benzene rings is 1. The van der Waals surface area contributed by atoms with E-state index in [1.165, 1.54) is 24.8 Å². The Balaban J connectivity index is 1.60. The smallest absolute Gasteiger partial charge is 0.340 e. The number of alkyl halides is 3. The third kappa shape index (κ3) is 3.36. The molecule has 0 radical (unpaired) electrons. The molecule has 2 aromatic heterocycles. The molecule has 26 heavy (non-hydrogen) atoms. The van der Waals surface area contributed by atoms with E-state index in [1.54, 1.807) is 13.0 Å². The number of rotatable bonds is 4. The van der Waals surface area contributed by atoms with E-state index in [1.807, 2.05) is 24.3 Å². The number of nitrogens with one attached hydrogen (secondary N) is 1. The van der Waals surface area contributed by atoms with Crippen LogP contribution < -0.4 is 5.32 Å². The molecule has 0 spiro atoms. The summed E-state index contributed by atoms with van der Waals surface area (Å²) in [5.74, 6) is -0.106. The van der Waals surface area contributed by atoms with Crippen molar-refractivity contribution in [3.8, 4) is 0 Å². The van der Waals surface area contributed by atoms with Gasteiger partial charge < -0.3 is 5.32 Å². The first-order chi connectivity index (χ1) is 12.4. The van der Waals surface area contributed by atoms with Crippen LogP contribution in [-0.2, 0) is 12.6 Å². The highest BCUT2D eigenvalue weighted by molar-refractivity contribution is 5.59. The van der Waals surface area contributed by atoms with Gasteiger partial charge in [-0.25, -0.2) is 4.98 Å². The van der Waals surface area contributed by atoms with Crippen LogP contribution in [0.3, 0.4) is 0 Å². The minimum Gasteiger partial charge on any atom is -0.340 e. The molecule has 4 rings (SSSR count). The zero-order valence-electron chi connectivity index (χ0n) is 14.2. The highest BCUT2D eigenvalue weighted by atomic mass is 19.4. The monoisotopic (exact) mass is 361 g/mol. The van der Waals surface area contributed by atoms with Gasteiger partial charge in [-0.3, -0.25) is 0 Å². The molecule has 1 saturated carbocycles. The van der Waals surface area contributed by atoms with Crippen molar-refractivity contribution in [2.24, 2.45) is 5.92 Å². The second kappa shape index (κ2) is 6.26. The van der Waals surface area contributed by atoms with Crippen LogP contribution in [0.25, 0.3) is 5.78 Å². The van der Waals surface area contributed by atoms with E-state index >= 15 is 0 Å². The van der Waals surface area contributed by atoms with E-state index in [4.69, 9.17) is 0 Å². The first kappa shape index (κ1) is 16.8. The summed E-state index contributed by atoms with van der Waals surface area (Å²) in [5.41, 5.74) is 2.61. The van der Waals surface area contributed by atoms with Crippen molar-refractivity contribution in [1.29, 1.82) is 0 Å². The van der Waals surface area contributed by atoms with E-state index in [0.717, 1.165) is 22.5 Å². The fourth-order valence-corrected chi connectivity index (χ4v) is 3.10. The largest absolute Gasteiger partial charge is 0.453 e. The van der Waals surface area contributed by atoms with Gasteiger partial charge in [0, 0.05) is 17.4 Å². The number of hydrogen-bond donors (Lipinski definition) is 1. The average molecular weight is 361 g/mol. The van der Waals surface area contributed by atoms with Gasteiger partial charge in [-0.2, -0.15) is 22.7 Å². The Labute approximate surface area is 148 Å². The second-order valence-corrected chi connectivity index (χ2v) is 6.75. The molecule has 1 aromatic carbocycles. The van der Waals surface area contributed by atoms with E-state index in [9.17, 15) is 13.2 Å². The summed E-state index contributed by atoms with van der Waals surface area (Å²) in [6.45, 7) is 1.70. The molecule has 1 N–H and O–H groups in total. The fourth-order valence-electron chi connectivity index (χ4n) is 3.10. The zero-order chi connectivity index (χ0) is 18.3. The molecule has 5 nitrogen and oxygen atoms in total. The first-order valence-electron chi connectivity index (χ1n) is 8.56. The van der Waals surface area contributed by atoms with Crippen LogP contribution in [0.1, 0.15) is 36.3 Å². The van der Waals surface area contributed by atoms with Gasteiger partial charge in [0.1, 0.15) is 5.82 Å². The molecule has 1 fully saturated rings. The molecule has 0 amide bonds. The van der Waals surface area contributed by atoms with Gasteiger partial charge in [0.05, 0.1) is 0 Å². The first-order valence-corrected chi connectivity index (χ1v) is 8.56.